The molecule has 0 bridgehead atoms. The first-order chi connectivity index (χ1) is 9.95. The first-order valence-electron chi connectivity index (χ1n) is 5.96. The Morgan fingerprint density at radius 1 is 1.19 bits per heavy atom. The number of anilines is 1. The molecule has 0 aliphatic rings. The molecule has 0 saturated heterocycles. The molecule has 2 aromatic rings. The second kappa shape index (κ2) is 6.62. The molecule has 2 rings (SSSR count). The third-order valence-electron chi connectivity index (χ3n) is 2.46. The number of alkyl halides is 3. The number of halogens is 3. The number of amides is 1. The molecular formula is C14H11F3N2OS. The van der Waals surface area contributed by atoms with Crippen molar-refractivity contribution in [2.75, 3.05) is 11.1 Å². The highest BCUT2D eigenvalue weighted by molar-refractivity contribution is 7.99. The molecule has 0 spiro atoms. The summed E-state index contributed by atoms with van der Waals surface area (Å²) in [4.78, 5) is 15.7. The van der Waals surface area contributed by atoms with Crippen molar-refractivity contribution in [2.45, 2.75) is 11.2 Å². The topological polar surface area (TPSA) is 42.0 Å². The summed E-state index contributed by atoms with van der Waals surface area (Å²) in [7, 11) is 0. The highest BCUT2D eigenvalue weighted by Crippen LogP contribution is 2.30. The van der Waals surface area contributed by atoms with Crippen LogP contribution in [-0.4, -0.2) is 16.6 Å². The quantitative estimate of drug-likeness (QED) is 0.872. The summed E-state index contributed by atoms with van der Waals surface area (Å²) >= 11 is 1.21. The van der Waals surface area contributed by atoms with Gasteiger partial charge >= 0.3 is 6.18 Å². The molecule has 0 atom stereocenters. The summed E-state index contributed by atoms with van der Waals surface area (Å²) in [5.41, 5.74) is -0.672. The number of rotatable bonds is 4. The zero-order valence-corrected chi connectivity index (χ0v) is 11.5. The number of nitrogens with zero attached hydrogens (tertiary/aromatic N) is 1. The molecule has 1 aromatic carbocycles. The van der Waals surface area contributed by atoms with Gasteiger partial charge in [0.15, 0.2) is 0 Å². The van der Waals surface area contributed by atoms with Crippen molar-refractivity contribution in [1.82, 2.24) is 4.98 Å². The van der Waals surface area contributed by atoms with E-state index in [1.54, 1.807) is 24.4 Å². The first kappa shape index (κ1) is 15.4. The van der Waals surface area contributed by atoms with Gasteiger partial charge in [0.1, 0.15) is 0 Å². The van der Waals surface area contributed by atoms with Gasteiger partial charge in [0.25, 0.3) is 0 Å². The van der Waals surface area contributed by atoms with Gasteiger partial charge in [-0.15, -0.1) is 0 Å². The lowest BCUT2D eigenvalue weighted by Crippen LogP contribution is -2.15. The maximum absolute atomic E-state index is 12.5. The second-order valence-corrected chi connectivity index (χ2v) is 5.08. The Morgan fingerprint density at radius 3 is 2.67 bits per heavy atom. The fourth-order valence-electron chi connectivity index (χ4n) is 1.54. The molecule has 0 unspecified atom stereocenters. The molecular weight excluding hydrogens is 301 g/mol. The zero-order chi connectivity index (χ0) is 15.3. The van der Waals surface area contributed by atoms with Crippen LogP contribution in [0.1, 0.15) is 5.56 Å². The van der Waals surface area contributed by atoms with Gasteiger partial charge in [-0.1, -0.05) is 23.9 Å². The Kier molecular flexibility index (Phi) is 4.85. The maximum atomic E-state index is 12.5. The van der Waals surface area contributed by atoms with E-state index in [0.717, 1.165) is 12.1 Å². The summed E-state index contributed by atoms with van der Waals surface area (Å²) in [5.74, 6) is -0.308. The van der Waals surface area contributed by atoms with E-state index in [9.17, 15) is 18.0 Å². The minimum absolute atomic E-state index is 0.0766. The van der Waals surface area contributed by atoms with Crippen molar-refractivity contribution in [1.29, 1.82) is 0 Å². The van der Waals surface area contributed by atoms with Gasteiger partial charge in [0.2, 0.25) is 5.91 Å². The van der Waals surface area contributed by atoms with E-state index in [-0.39, 0.29) is 17.3 Å². The fourth-order valence-corrected chi connectivity index (χ4v) is 2.20. The van der Waals surface area contributed by atoms with E-state index in [1.165, 1.54) is 23.9 Å². The molecule has 0 radical (unpaired) electrons. The summed E-state index contributed by atoms with van der Waals surface area (Å²) in [6, 6.07) is 9.83. The van der Waals surface area contributed by atoms with Gasteiger partial charge in [-0.3, -0.25) is 4.79 Å². The van der Waals surface area contributed by atoms with Crippen LogP contribution in [0.2, 0.25) is 0 Å². The average molecular weight is 312 g/mol. The highest BCUT2D eigenvalue weighted by atomic mass is 32.2. The third-order valence-corrected chi connectivity index (χ3v) is 3.41. The second-order valence-electron chi connectivity index (χ2n) is 4.08. The standard InChI is InChI=1S/C14H11F3N2OS/c15-14(16,17)10-4-3-5-11(8-10)19-12(20)9-21-13-6-1-2-7-18-13/h1-8H,9H2,(H,19,20). The minimum atomic E-state index is -4.43. The number of carbonyl (C=O) groups is 1. The van der Waals surface area contributed by atoms with Crippen molar-refractivity contribution in [2.24, 2.45) is 0 Å². The molecule has 0 aliphatic carbocycles. The molecule has 110 valence electrons. The van der Waals surface area contributed by atoms with Gasteiger partial charge in [0, 0.05) is 11.9 Å². The Balaban J connectivity index is 1.94. The van der Waals surface area contributed by atoms with E-state index in [0.29, 0.717) is 5.03 Å². The predicted octanol–water partition coefficient (Wildman–Crippen LogP) is 3.83. The lowest BCUT2D eigenvalue weighted by atomic mass is 10.2. The number of nitrogens with one attached hydrogen (secondary N) is 1. The van der Waals surface area contributed by atoms with E-state index in [2.05, 4.69) is 10.3 Å². The average Bonchev–Trinajstić information content (AvgIpc) is 2.46. The monoisotopic (exact) mass is 312 g/mol. The summed E-state index contributed by atoms with van der Waals surface area (Å²) in [6.07, 6.45) is -2.82. The number of hydrogen-bond donors (Lipinski definition) is 1. The lowest BCUT2D eigenvalue weighted by Gasteiger charge is -2.09. The number of hydrogen-bond acceptors (Lipinski definition) is 3. The van der Waals surface area contributed by atoms with Crippen LogP contribution in [0, 0.1) is 0 Å². The molecule has 0 saturated carbocycles. The van der Waals surface area contributed by atoms with Crippen molar-refractivity contribution in [3.63, 3.8) is 0 Å². The smallest absolute Gasteiger partial charge is 0.325 e. The molecule has 1 aromatic heterocycles. The number of benzene rings is 1. The Bertz CT molecular complexity index is 617. The van der Waals surface area contributed by atoms with Crippen LogP contribution in [0.15, 0.2) is 53.7 Å². The van der Waals surface area contributed by atoms with Crippen LogP contribution in [0.5, 0.6) is 0 Å². The van der Waals surface area contributed by atoms with Gasteiger partial charge < -0.3 is 5.32 Å². The fraction of sp³-hybridized carbons (Fsp3) is 0.143. The van der Waals surface area contributed by atoms with Gasteiger partial charge in [-0.25, -0.2) is 4.98 Å². The Hall–Kier alpha value is -2.02. The van der Waals surface area contributed by atoms with E-state index in [1.807, 2.05) is 0 Å². The number of pyridine rings is 1. The number of carbonyl (C=O) groups excluding carboxylic acids is 1. The highest BCUT2D eigenvalue weighted by Gasteiger charge is 2.30. The maximum Gasteiger partial charge on any atom is 0.416 e. The molecule has 21 heavy (non-hydrogen) atoms. The molecule has 1 heterocycles. The Labute approximate surface area is 123 Å². The van der Waals surface area contributed by atoms with Gasteiger partial charge in [-0.05, 0) is 30.3 Å². The molecule has 0 fully saturated rings. The summed E-state index contributed by atoms with van der Waals surface area (Å²) < 4.78 is 37.6. The largest absolute Gasteiger partial charge is 0.416 e. The molecule has 3 nitrogen and oxygen atoms in total. The van der Waals surface area contributed by atoms with E-state index < -0.39 is 11.7 Å². The summed E-state index contributed by atoms with van der Waals surface area (Å²) in [5, 5.41) is 3.11. The van der Waals surface area contributed by atoms with E-state index >= 15 is 0 Å². The van der Waals surface area contributed by atoms with Crippen molar-refractivity contribution >= 4 is 23.4 Å². The molecule has 0 aliphatic heterocycles. The van der Waals surface area contributed by atoms with Crippen molar-refractivity contribution in [3.8, 4) is 0 Å². The predicted molar refractivity (Wildman–Crippen MR) is 75.0 cm³/mol. The minimum Gasteiger partial charge on any atom is -0.325 e. The number of aromatic nitrogens is 1. The first-order valence-corrected chi connectivity index (χ1v) is 6.94. The summed E-state index contributed by atoms with van der Waals surface area (Å²) in [6.45, 7) is 0. The van der Waals surface area contributed by atoms with Crippen LogP contribution in [0.25, 0.3) is 0 Å². The van der Waals surface area contributed by atoms with Gasteiger partial charge in [-0.2, -0.15) is 13.2 Å². The van der Waals surface area contributed by atoms with Crippen LogP contribution < -0.4 is 5.32 Å². The third kappa shape index (κ3) is 4.78. The van der Waals surface area contributed by atoms with Crippen molar-refractivity contribution in [3.05, 3.63) is 54.2 Å². The van der Waals surface area contributed by atoms with Crippen LogP contribution in [0.4, 0.5) is 18.9 Å². The number of thioether (sulfide) groups is 1. The van der Waals surface area contributed by atoms with Gasteiger partial charge in [0.05, 0.1) is 16.3 Å². The normalized spacial score (nSPS) is 11.2. The Morgan fingerprint density at radius 2 is 2.00 bits per heavy atom. The van der Waals surface area contributed by atoms with E-state index in [4.69, 9.17) is 0 Å². The van der Waals surface area contributed by atoms with Crippen molar-refractivity contribution < 1.29 is 18.0 Å². The van der Waals surface area contributed by atoms with Crippen LogP contribution in [-0.2, 0) is 11.0 Å². The van der Waals surface area contributed by atoms with Crippen LogP contribution in [0.3, 0.4) is 0 Å². The molecule has 1 N–H and O–H groups in total. The molecule has 1 amide bonds. The lowest BCUT2D eigenvalue weighted by molar-refractivity contribution is -0.137. The zero-order valence-electron chi connectivity index (χ0n) is 10.7. The van der Waals surface area contributed by atoms with Crippen LogP contribution >= 0.6 is 11.8 Å². The SMILES string of the molecule is O=C(CSc1ccccn1)Nc1cccc(C(F)(F)F)c1. The molecule has 7 heteroatoms.